The number of carbonyl (C=O) groups excluding carboxylic acids is 2. The summed E-state index contributed by atoms with van der Waals surface area (Å²) in [6.45, 7) is 0.265. The van der Waals surface area contributed by atoms with Gasteiger partial charge in [-0.25, -0.2) is 8.42 Å². The first kappa shape index (κ1) is 20.8. The van der Waals surface area contributed by atoms with E-state index < -0.39 is 22.1 Å². The minimum Gasteiger partial charge on any atom is -0.332 e. The molecule has 2 aliphatic rings. The fraction of sp³-hybridized carbons (Fsp3) is 0.333. The van der Waals surface area contributed by atoms with Crippen LogP contribution in [0.15, 0.2) is 59.5 Å². The Bertz CT molecular complexity index is 1060. The van der Waals surface area contributed by atoms with Crippen LogP contribution in [-0.2, 0) is 26.0 Å². The number of hydrogen-bond donors (Lipinski definition) is 0. The van der Waals surface area contributed by atoms with Gasteiger partial charge in [-0.1, -0.05) is 41.9 Å². The molecule has 2 amide bonds. The molecule has 2 fully saturated rings. The third-order valence-electron chi connectivity index (χ3n) is 5.73. The molecule has 2 aliphatic heterocycles. The number of amides is 2. The van der Waals surface area contributed by atoms with Crippen LogP contribution in [-0.4, -0.2) is 73.1 Å². The molecule has 0 saturated carbocycles. The maximum Gasteiger partial charge on any atom is 0.247 e. The minimum absolute atomic E-state index is 0.0576. The third kappa shape index (κ3) is 3.71. The summed E-state index contributed by atoms with van der Waals surface area (Å²) in [5, 5.41) is 0.443. The van der Waals surface area contributed by atoms with Gasteiger partial charge in [0.15, 0.2) is 0 Å². The van der Waals surface area contributed by atoms with Crippen LogP contribution in [0.2, 0.25) is 5.02 Å². The number of rotatable bonds is 4. The molecule has 4 rings (SSSR count). The second-order valence-electron chi connectivity index (χ2n) is 7.52. The molecule has 0 N–H and O–H groups in total. The molecule has 0 radical (unpaired) electrons. The fourth-order valence-corrected chi connectivity index (χ4v) is 5.58. The third-order valence-corrected chi connectivity index (χ3v) is 7.87. The summed E-state index contributed by atoms with van der Waals surface area (Å²) in [4.78, 5) is 29.3. The molecule has 2 atom stereocenters. The minimum atomic E-state index is -3.78. The summed E-state index contributed by atoms with van der Waals surface area (Å²) < 4.78 is 27.3. The molecule has 0 unspecified atom stereocenters. The first-order valence-corrected chi connectivity index (χ1v) is 11.5. The van der Waals surface area contributed by atoms with Gasteiger partial charge in [0.1, 0.15) is 12.1 Å². The standard InChI is InChI=1S/C21H22ClN3O4S/c1-23-18(13-15-5-3-2-4-6-15)21(27)25-12-11-24(14-19(25)20(23)26)30(28,29)17-9-7-16(22)8-10-17/h2-10,18-19H,11-14H2,1H3/t18-,19+/m0/s1. The summed E-state index contributed by atoms with van der Waals surface area (Å²) >= 11 is 5.86. The van der Waals surface area contributed by atoms with E-state index in [0.717, 1.165) is 5.56 Å². The molecule has 2 aromatic carbocycles. The Labute approximate surface area is 180 Å². The van der Waals surface area contributed by atoms with E-state index in [1.165, 1.54) is 38.4 Å². The Morgan fingerprint density at radius 1 is 0.967 bits per heavy atom. The summed E-state index contributed by atoms with van der Waals surface area (Å²) in [5.74, 6) is -0.388. The van der Waals surface area contributed by atoms with E-state index in [1.807, 2.05) is 30.3 Å². The molecular formula is C21H22ClN3O4S. The van der Waals surface area contributed by atoms with Crippen LogP contribution < -0.4 is 0 Å². The van der Waals surface area contributed by atoms with Crippen molar-refractivity contribution in [3.63, 3.8) is 0 Å². The zero-order valence-corrected chi connectivity index (χ0v) is 18.0. The van der Waals surface area contributed by atoms with Crippen LogP contribution in [0.5, 0.6) is 0 Å². The second kappa shape index (κ2) is 8.02. The molecule has 0 aromatic heterocycles. The molecule has 9 heteroatoms. The average Bonchev–Trinajstić information content (AvgIpc) is 2.76. The number of fused-ring (bicyclic) bond motifs is 1. The Hall–Kier alpha value is -2.42. The summed E-state index contributed by atoms with van der Waals surface area (Å²) in [6.07, 6.45) is 0.428. The molecule has 30 heavy (non-hydrogen) atoms. The molecule has 2 saturated heterocycles. The SMILES string of the molecule is CN1C(=O)[C@H]2CN(S(=O)(=O)c3ccc(Cl)cc3)CCN2C(=O)[C@@H]1Cc1ccccc1. The van der Waals surface area contributed by atoms with E-state index in [4.69, 9.17) is 11.6 Å². The largest absolute Gasteiger partial charge is 0.332 e. The molecule has 0 aliphatic carbocycles. The number of piperazine rings is 2. The van der Waals surface area contributed by atoms with Gasteiger partial charge in [0, 0.05) is 38.1 Å². The number of benzene rings is 2. The Morgan fingerprint density at radius 3 is 2.30 bits per heavy atom. The van der Waals surface area contributed by atoms with Gasteiger partial charge < -0.3 is 9.80 Å². The molecule has 2 aromatic rings. The van der Waals surface area contributed by atoms with Crippen LogP contribution >= 0.6 is 11.6 Å². The molecule has 0 bridgehead atoms. The van der Waals surface area contributed by atoms with Crippen LogP contribution in [0.4, 0.5) is 0 Å². The van der Waals surface area contributed by atoms with Crippen molar-refractivity contribution in [3.8, 4) is 0 Å². The fourth-order valence-electron chi connectivity index (χ4n) is 4.01. The summed E-state index contributed by atoms with van der Waals surface area (Å²) in [7, 11) is -2.17. The average molecular weight is 448 g/mol. The Balaban J connectivity index is 1.54. The highest BCUT2D eigenvalue weighted by atomic mass is 35.5. The number of nitrogens with zero attached hydrogens (tertiary/aromatic N) is 3. The maximum absolute atomic E-state index is 13.1. The smallest absolute Gasteiger partial charge is 0.247 e. The maximum atomic E-state index is 13.1. The van der Waals surface area contributed by atoms with Crippen molar-refractivity contribution < 1.29 is 18.0 Å². The van der Waals surface area contributed by atoms with Gasteiger partial charge in [0.2, 0.25) is 21.8 Å². The number of carbonyl (C=O) groups is 2. The van der Waals surface area contributed by atoms with Crippen molar-refractivity contribution in [1.29, 1.82) is 0 Å². The van der Waals surface area contributed by atoms with Crippen molar-refractivity contribution in [1.82, 2.24) is 14.1 Å². The molecule has 0 spiro atoms. The predicted octanol–water partition coefficient (Wildman–Crippen LogP) is 1.62. The second-order valence-corrected chi connectivity index (χ2v) is 9.89. The lowest BCUT2D eigenvalue weighted by molar-refractivity contribution is -0.162. The van der Waals surface area contributed by atoms with E-state index in [9.17, 15) is 18.0 Å². The van der Waals surface area contributed by atoms with Crippen LogP contribution in [0.3, 0.4) is 0 Å². The first-order valence-electron chi connectivity index (χ1n) is 9.66. The summed E-state index contributed by atoms with van der Waals surface area (Å²) in [5.41, 5.74) is 0.970. The van der Waals surface area contributed by atoms with Crippen molar-refractivity contribution in [2.75, 3.05) is 26.7 Å². The number of sulfonamides is 1. The highest BCUT2D eigenvalue weighted by Gasteiger charge is 2.48. The quantitative estimate of drug-likeness (QED) is 0.713. The lowest BCUT2D eigenvalue weighted by Crippen LogP contribution is -2.70. The van der Waals surface area contributed by atoms with E-state index in [-0.39, 0.29) is 36.3 Å². The van der Waals surface area contributed by atoms with Gasteiger partial charge in [-0.05, 0) is 29.8 Å². The Morgan fingerprint density at radius 2 is 1.63 bits per heavy atom. The van der Waals surface area contributed by atoms with Gasteiger partial charge in [0.05, 0.1) is 4.90 Å². The van der Waals surface area contributed by atoms with Gasteiger partial charge in [0.25, 0.3) is 0 Å². The van der Waals surface area contributed by atoms with Crippen molar-refractivity contribution in [2.24, 2.45) is 0 Å². The number of hydrogen-bond acceptors (Lipinski definition) is 4. The topological polar surface area (TPSA) is 78.0 Å². The van der Waals surface area contributed by atoms with Gasteiger partial charge >= 0.3 is 0 Å². The zero-order chi connectivity index (χ0) is 21.5. The van der Waals surface area contributed by atoms with E-state index >= 15 is 0 Å². The van der Waals surface area contributed by atoms with E-state index in [1.54, 1.807) is 7.05 Å². The van der Waals surface area contributed by atoms with Crippen LogP contribution in [0.1, 0.15) is 5.56 Å². The van der Waals surface area contributed by atoms with Gasteiger partial charge in [-0.15, -0.1) is 0 Å². The monoisotopic (exact) mass is 447 g/mol. The highest BCUT2D eigenvalue weighted by molar-refractivity contribution is 7.89. The van der Waals surface area contributed by atoms with E-state index in [2.05, 4.69) is 0 Å². The van der Waals surface area contributed by atoms with E-state index in [0.29, 0.717) is 11.4 Å². The van der Waals surface area contributed by atoms with Crippen LogP contribution in [0.25, 0.3) is 0 Å². The van der Waals surface area contributed by atoms with Crippen LogP contribution in [0, 0.1) is 0 Å². The molecule has 158 valence electrons. The Kier molecular flexibility index (Phi) is 5.57. The van der Waals surface area contributed by atoms with Crippen molar-refractivity contribution >= 4 is 33.4 Å². The molecule has 2 heterocycles. The lowest BCUT2D eigenvalue weighted by Gasteiger charge is -2.47. The highest BCUT2D eigenvalue weighted by Crippen LogP contribution is 2.27. The van der Waals surface area contributed by atoms with Crippen molar-refractivity contribution in [2.45, 2.75) is 23.4 Å². The zero-order valence-electron chi connectivity index (χ0n) is 16.4. The predicted molar refractivity (Wildman–Crippen MR) is 112 cm³/mol. The first-order chi connectivity index (χ1) is 14.3. The van der Waals surface area contributed by atoms with Gasteiger partial charge in [-0.2, -0.15) is 4.31 Å². The van der Waals surface area contributed by atoms with Crippen molar-refractivity contribution in [3.05, 3.63) is 65.2 Å². The number of likely N-dealkylation sites (N-methyl/N-ethyl adjacent to an activating group) is 1. The lowest BCUT2D eigenvalue weighted by atomic mass is 9.97. The normalized spacial score (nSPS) is 22.9. The molecule has 7 nitrogen and oxygen atoms in total. The molecular weight excluding hydrogens is 426 g/mol. The number of halogens is 1. The summed E-state index contributed by atoms with van der Waals surface area (Å²) in [6, 6.07) is 14.1. The van der Waals surface area contributed by atoms with Gasteiger partial charge in [-0.3, -0.25) is 9.59 Å².